The third-order valence-electron chi connectivity index (χ3n) is 4.46. The van der Waals surface area contributed by atoms with Gasteiger partial charge in [0.25, 0.3) is 0 Å². The molecular formula is C22H25N2O3S3. The first kappa shape index (κ1) is 22.7. The van der Waals surface area contributed by atoms with E-state index in [0.717, 1.165) is 16.2 Å². The molecule has 0 spiro atoms. The van der Waals surface area contributed by atoms with Crippen molar-refractivity contribution in [2.24, 2.45) is 0 Å². The van der Waals surface area contributed by atoms with Gasteiger partial charge in [-0.05, 0) is 47.9 Å². The van der Waals surface area contributed by atoms with Gasteiger partial charge in [0.15, 0.2) is 0 Å². The van der Waals surface area contributed by atoms with E-state index in [0.29, 0.717) is 32.5 Å². The summed E-state index contributed by atoms with van der Waals surface area (Å²) in [6, 6.07) is 16.4. The average molecular weight is 462 g/mol. The van der Waals surface area contributed by atoms with Crippen molar-refractivity contribution in [3.8, 4) is 0 Å². The Bertz CT molecular complexity index is 949. The summed E-state index contributed by atoms with van der Waals surface area (Å²) in [6.45, 7) is 1.55. The standard InChI is InChI=1S/C22H25N2O3S3/c25-22(24(17-19-9-7-15-28-19)18-20-10-8-16-29-20)13-5-2-6-14-23-30(26,27)21-11-3-1-4-12-21/h1,3-4,7-13,15-16,23H,2,5-6,14,17-18H2. The molecule has 2 heterocycles. The number of nitrogens with zero attached hydrogens (tertiary/aromatic N) is 1. The fourth-order valence-electron chi connectivity index (χ4n) is 2.91. The number of carbonyl (C=O) groups is 1. The van der Waals surface area contributed by atoms with E-state index in [1.165, 1.54) is 0 Å². The molecule has 1 N–H and O–H groups in total. The quantitative estimate of drug-likeness (QED) is 0.398. The second kappa shape index (κ2) is 11.4. The first-order valence-electron chi connectivity index (χ1n) is 9.76. The maximum absolute atomic E-state index is 12.7. The number of sulfonamides is 1. The van der Waals surface area contributed by atoms with E-state index >= 15 is 0 Å². The maximum Gasteiger partial charge on any atom is 0.240 e. The normalized spacial score (nSPS) is 11.5. The molecule has 0 aliphatic heterocycles. The molecule has 1 aromatic carbocycles. The van der Waals surface area contributed by atoms with Gasteiger partial charge in [-0.3, -0.25) is 4.79 Å². The minimum atomic E-state index is -3.47. The summed E-state index contributed by atoms with van der Waals surface area (Å²) in [4.78, 5) is 17.2. The molecule has 8 heteroatoms. The highest BCUT2D eigenvalue weighted by molar-refractivity contribution is 7.89. The van der Waals surface area contributed by atoms with Crippen molar-refractivity contribution in [2.75, 3.05) is 6.54 Å². The maximum atomic E-state index is 12.7. The number of carbonyl (C=O) groups excluding carboxylic acids is 1. The molecule has 5 nitrogen and oxygen atoms in total. The van der Waals surface area contributed by atoms with Gasteiger partial charge in [0.05, 0.1) is 18.0 Å². The zero-order valence-electron chi connectivity index (χ0n) is 16.6. The van der Waals surface area contributed by atoms with Crippen LogP contribution in [0.1, 0.15) is 29.0 Å². The van der Waals surface area contributed by atoms with Crippen molar-refractivity contribution in [2.45, 2.75) is 37.2 Å². The number of hydrogen-bond donors (Lipinski definition) is 1. The molecule has 1 amide bonds. The smallest absolute Gasteiger partial charge is 0.240 e. The van der Waals surface area contributed by atoms with Crippen LogP contribution in [0.3, 0.4) is 0 Å². The Hall–Kier alpha value is -2.00. The lowest BCUT2D eigenvalue weighted by atomic mass is 10.1. The topological polar surface area (TPSA) is 66.5 Å². The zero-order valence-corrected chi connectivity index (χ0v) is 19.0. The van der Waals surface area contributed by atoms with Crippen LogP contribution < -0.4 is 4.72 Å². The van der Waals surface area contributed by atoms with Gasteiger partial charge in [0, 0.05) is 22.7 Å². The Kier molecular flexibility index (Phi) is 8.62. The van der Waals surface area contributed by atoms with E-state index in [4.69, 9.17) is 0 Å². The molecule has 2 aromatic heterocycles. The Balaban J connectivity index is 1.41. The molecule has 0 fully saturated rings. The summed E-state index contributed by atoms with van der Waals surface area (Å²) in [7, 11) is -3.47. The summed E-state index contributed by atoms with van der Waals surface area (Å²) < 4.78 is 27.0. The highest BCUT2D eigenvalue weighted by Crippen LogP contribution is 2.18. The van der Waals surface area contributed by atoms with Crippen LogP contribution in [0, 0.1) is 6.42 Å². The van der Waals surface area contributed by atoms with Crippen LogP contribution >= 0.6 is 22.7 Å². The van der Waals surface area contributed by atoms with Gasteiger partial charge in [-0.25, -0.2) is 13.1 Å². The van der Waals surface area contributed by atoms with Crippen LogP contribution in [0.2, 0.25) is 0 Å². The highest BCUT2D eigenvalue weighted by atomic mass is 32.2. The number of nitrogens with one attached hydrogen (secondary N) is 1. The molecule has 3 rings (SSSR count). The van der Waals surface area contributed by atoms with E-state index in [1.54, 1.807) is 59.4 Å². The summed E-state index contributed by atoms with van der Waals surface area (Å²) in [5, 5.41) is 4.03. The van der Waals surface area contributed by atoms with E-state index in [1.807, 2.05) is 39.9 Å². The lowest BCUT2D eigenvalue weighted by Crippen LogP contribution is -2.29. The van der Waals surface area contributed by atoms with Crippen molar-refractivity contribution in [3.63, 3.8) is 0 Å². The highest BCUT2D eigenvalue weighted by Gasteiger charge is 2.16. The molecule has 0 saturated carbocycles. The third-order valence-corrected chi connectivity index (χ3v) is 7.66. The van der Waals surface area contributed by atoms with E-state index in [2.05, 4.69) is 4.72 Å². The molecule has 30 heavy (non-hydrogen) atoms. The minimum Gasteiger partial charge on any atom is -0.332 e. The molecule has 0 unspecified atom stereocenters. The Morgan fingerprint density at radius 1 is 0.900 bits per heavy atom. The van der Waals surface area contributed by atoms with E-state index in [-0.39, 0.29) is 10.8 Å². The number of rotatable bonds is 12. The van der Waals surface area contributed by atoms with Crippen LogP contribution in [-0.2, 0) is 27.9 Å². The molecule has 159 valence electrons. The van der Waals surface area contributed by atoms with Gasteiger partial charge in [0.2, 0.25) is 15.9 Å². The Labute approximate surface area is 186 Å². The average Bonchev–Trinajstić information content (AvgIpc) is 3.45. The van der Waals surface area contributed by atoms with Crippen molar-refractivity contribution in [1.82, 2.24) is 9.62 Å². The largest absolute Gasteiger partial charge is 0.332 e. The molecule has 0 bridgehead atoms. The van der Waals surface area contributed by atoms with Crippen LogP contribution in [0.25, 0.3) is 0 Å². The molecule has 0 saturated heterocycles. The number of hydrogen-bond acceptors (Lipinski definition) is 5. The molecular weight excluding hydrogens is 436 g/mol. The monoisotopic (exact) mass is 461 g/mol. The minimum absolute atomic E-state index is 0.0154. The fourth-order valence-corrected chi connectivity index (χ4v) is 5.44. The second-order valence-corrected chi connectivity index (χ2v) is 10.6. The van der Waals surface area contributed by atoms with Crippen molar-refractivity contribution in [1.29, 1.82) is 0 Å². The van der Waals surface area contributed by atoms with Gasteiger partial charge in [-0.15, -0.1) is 22.7 Å². The Morgan fingerprint density at radius 2 is 1.53 bits per heavy atom. The first-order valence-corrected chi connectivity index (χ1v) is 13.0. The van der Waals surface area contributed by atoms with E-state index in [9.17, 15) is 13.2 Å². The summed E-state index contributed by atoms with van der Waals surface area (Å²) in [6.07, 6.45) is 3.75. The summed E-state index contributed by atoms with van der Waals surface area (Å²) >= 11 is 3.29. The predicted octanol–water partition coefficient (Wildman–Crippen LogP) is 4.69. The van der Waals surface area contributed by atoms with Crippen LogP contribution in [0.15, 0.2) is 70.3 Å². The number of unbranched alkanes of at least 4 members (excludes halogenated alkanes) is 2. The fraction of sp³-hybridized carbons (Fsp3) is 0.273. The van der Waals surface area contributed by atoms with Gasteiger partial charge >= 0.3 is 0 Å². The Morgan fingerprint density at radius 3 is 2.10 bits per heavy atom. The molecule has 0 atom stereocenters. The first-order chi connectivity index (χ1) is 14.5. The van der Waals surface area contributed by atoms with Gasteiger partial charge in [-0.2, -0.15) is 0 Å². The predicted molar refractivity (Wildman–Crippen MR) is 123 cm³/mol. The van der Waals surface area contributed by atoms with Crippen molar-refractivity contribution < 1.29 is 13.2 Å². The van der Waals surface area contributed by atoms with Gasteiger partial charge in [-0.1, -0.05) is 36.8 Å². The van der Waals surface area contributed by atoms with Gasteiger partial charge < -0.3 is 4.90 Å². The third kappa shape index (κ3) is 7.05. The molecule has 3 aromatic rings. The van der Waals surface area contributed by atoms with Crippen LogP contribution in [-0.4, -0.2) is 25.8 Å². The number of thiophene rings is 2. The summed E-state index contributed by atoms with van der Waals surface area (Å²) in [5.74, 6) is 0.0154. The SMILES string of the molecule is O=C([CH]CCCCNS(=O)(=O)c1ccccc1)N(Cc1cccs1)Cc1cccs1. The second-order valence-electron chi connectivity index (χ2n) is 6.76. The summed E-state index contributed by atoms with van der Waals surface area (Å²) in [5.41, 5.74) is 0. The van der Waals surface area contributed by atoms with Crippen LogP contribution in [0.5, 0.6) is 0 Å². The van der Waals surface area contributed by atoms with Crippen LogP contribution in [0.4, 0.5) is 0 Å². The lowest BCUT2D eigenvalue weighted by molar-refractivity contribution is -0.128. The van der Waals surface area contributed by atoms with Gasteiger partial charge in [0.1, 0.15) is 0 Å². The lowest BCUT2D eigenvalue weighted by Gasteiger charge is -2.21. The van der Waals surface area contributed by atoms with Crippen molar-refractivity contribution >= 4 is 38.6 Å². The number of amides is 1. The zero-order chi connectivity index (χ0) is 21.2. The molecule has 0 aliphatic rings. The number of benzene rings is 1. The van der Waals surface area contributed by atoms with E-state index < -0.39 is 10.0 Å². The molecule has 1 radical (unpaired) electrons. The van der Waals surface area contributed by atoms with Crippen molar-refractivity contribution in [3.05, 3.63) is 81.5 Å². The molecule has 0 aliphatic carbocycles.